The van der Waals surface area contributed by atoms with Gasteiger partial charge in [0.1, 0.15) is 0 Å². The smallest absolute Gasteiger partial charge is 0.277 e. The van der Waals surface area contributed by atoms with Crippen molar-refractivity contribution >= 4 is 5.82 Å². The zero-order valence-electron chi connectivity index (χ0n) is 9.08. The molecular formula is C8H18FN5. The van der Waals surface area contributed by atoms with Crippen molar-refractivity contribution in [3.8, 4) is 0 Å². The van der Waals surface area contributed by atoms with Gasteiger partial charge in [0, 0.05) is 6.54 Å². The molecule has 1 heterocycles. The zero-order chi connectivity index (χ0) is 11.1. The SMILES string of the molecule is CC.CC(C)CN(N)c1n[nH]nc1F. The normalized spacial score (nSPS) is 9.64. The topological polar surface area (TPSA) is 70.8 Å². The standard InChI is InChI=1S/C6H12FN5.C2H6/c1-4(2)3-12(8)6-5(7)9-11-10-6;1-2/h4H,3,8H2,1-2H3,(H,9,10,11);1-2H3. The average molecular weight is 203 g/mol. The average Bonchev–Trinajstić information content (AvgIpc) is 2.54. The van der Waals surface area contributed by atoms with Crippen molar-refractivity contribution in [3.63, 3.8) is 0 Å². The van der Waals surface area contributed by atoms with Gasteiger partial charge in [0.05, 0.1) is 0 Å². The monoisotopic (exact) mass is 203 g/mol. The van der Waals surface area contributed by atoms with E-state index in [9.17, 15) is 4.39 Å². The second kappa shape index (κ2) is 6.31. The van der Waals surface area contributed by atoms with Crippen molar-refractivity contribution in [1.82, 2.24) is 15.4 Å². The summed E-state index contributed by atoms with van der Waals surface area (Å²) in [5, 5.41) is 10.2. The number of rotatable bonds is 3. The third-order valence-corrected chi connectivity index (χ3v) is 1.32. The highest BCUT2D eigenvalue weighted by Gasteiger charge is 2.12. The molecule has 14 heavy (non-hydrogen) atoms. The first-order valence-corrected chi connectivity index (χ1v) is 4.69. The maximum absolute atomic E-state index is 12.7. The lowest BCUT2D eigenvalue weighted by Gasteiger charge is -2.16. The number of halogens is 1. The van der Waals surface area contributed by atoms with Crippen molar-refractivity contribution in [2.75, 3.05) is 11.6 Å². The van der Waals surface area contributed by atoms with Crippen LogP contribution in [0.2, 0.25) is 0 Å². The molecule has 6 heteroatoms. The van der Waals surface area contributed by atoms with Gasteiger partial charge in [-0.1, -0.05) is 27.7 Å². The first-order valence-electron chi connectivity index (χ1n) is 4.69. The molecule has 0 radical (unpaired) electrons. The summed E-state index contributed by atoms with van der Waals surface area (Å²) in [7, 11) is 0. The van der Waals surface area contributed by atoms with Gasteiger partial charge in [0.25, 0.3) is 5.95 Å². The Hall–Kier alpha value is -1.17. The van der Waals surface area contributed by atoms with Crippen LogP contribution >= 0.6 is 0 Å². The first kappa shape index (κ1) is 12.8. The first-order chi connectivity index (χ1) is 6.61. The Morgan fingerprint density at radius 1 is 1.43 bits per heavy atom. The van der Waals surface area contributed by atoms with Crippen LogP contribution in [0, 0.1) is 11.9 Å². The summed E-state index contributed by atoms with van der Waals surface area (Å²) in [6, 6.07) is 0. The van der Waals surface area contributed by atoms with Gasteiger partial charge in [-0.3, -0.25) is 5.01 Å². The molecule has 0 amide bonds. The molecule has 0 aromatic carbocycles. The van der Waals surface area contributed by atoms with Gasteiger partial charge >= 0.3 is 0 Å². The van der Waals surface area contributed by atoms with Crippen molar-refractivity contribution < 1.29 is 4.39 Å². The number of hydrogen-bond donors (Lipinski definition) is 2. The van der Waals surface area contributed by atoms with Gasteiger partial charge in [-0.2, -0.15) is 9.60 Å². The zero-order valence-corrected chi connectivity index (χ0v) is 9.08. The fraction of sp³-hybridized carbons (Fsp3) is 0.750. The van der Waals surface area contributed by atoms with E-state index < -0.39 is 5.95 Å². The summed E-state index contributed by atoms with van der Waals surface area (Å²) in [6.45, 7) is 8.51. The number of hydrazine groups is 1. The number of nitrogens with one attached hydrogen (secondary N) is 1. The highest BCUT2D eigenvalue weighted by Crippen LogP contribution is 2.09. The van der Waals surface area contributed by atoms with Crippen LogP contribution in [-0.4, -0.2) is 22.0 Å². The number of nitrogens with two attached hydrogens (primary N) is 1. The Bertz CT molecular complexity index is 248. The Labute approximate surface area is 83.4 Å². The fourth-order valence-corrected chi connectivity index (χ4v) is 0.875. The number of H-pyrrole nitrogens is 1. The number of hydrogen-bond acceptors (Lipinski definition) is 4. The van der Waals surface area contributed by atoms with E-state index in [0.717, 1.165) is 0 Å². The van der Waals surface area contributed by atoms with E-state index in [0.29, 0.717) is 12.5 Å². The third-order valence-electron chi connectivity index (χ3n) is 1.32. The van der Waals surface area contributed by atoms with Crippen LogP contribution < -0.4 is 10.9 Å². The predicted molar refractivity (Wildman–Crippen MR) is 54.1 cm³/mol. The Kier molecular flexibility index (Phi) is 5.78. The third kappa shape index (κ3) is 3.69. The maximum atomic E-state index is 12.7. The van der Waals surface area contributed by atoms with E-state index in [2.05, 4.69) is 15.4 Å². The lowest BCUT2D eigenvalue weighted by atomic mass is 10.2. The Balaban J connectivity index is 0.000000791. The molecular weight excluding hydrogens is 185 g/mol. The van der Waals surface area contributed by atoms with E-state index in [1.54, 1.807) is 0 Å². The second-order valence-corrected chi connectivity index (χ2v) is 2.98. The molecule has 1 aromatic rings. The summed E-state index contributed by atoms with van der Waals surface area (Å²) >= 11 is 0. The molecule has 0 aliphatic rings. The van der Waals surface area contributed by atoms with E-state index >= 15 is 0 Å². The van der Waals surface area contributed by atoms with E-state index in [1.807, 2.05) is 27.7 Å². The highest BCUT2D eigenvalue weighted by atomic mass is 19.1. The minimum Gasteiger partial charge on any atom is -0.289 e. The van der Waals surface area contributed by atoms with Crippen LogP contribution in [-0.2, 0) is 0 Å². The molecule has 5 nitrogen and oxygen atoms in total. The Morgan fingerprint density at radius 2 is 2.00 bits per heavy atom. The number of anilines is 1. The molecule has 0 aliphatic carbocycles. The number of nitrogens with zero attached hydrogens (tertiary/aromatic N) is 3. The summed E-state index contributed by atoms with van der Waals surface area (Å²) in [5.74, 6) is 5.26. The van der Waals surface area contributed by atoms with Crippen LogP contribution in [0.25, 0.3) is 0 Å². The summed E-state index contributed by atoms with van der Waals surface area (Å²) in [5.41, 5.74) is 0. The lowest BCUT2D eigenvalue weighted by molar-refractivity contribution is 0.561. The second-order valence-electron chi connectivity index (χ2n) is 2.98. The van der Waals surface area contributed by atoms with Gasteiger partial charge in [-0.15, -0.1) is 10.2 Å². The summed E-state index contributed by atoms with van der Waals surface area (Å²) in [4.78, 5) is 0. The van der Waals surface area contributed by atoms with Gasteiger partial charge in [0.15, 0.2) is 0 Å². The highest BCUT2D eigenvalue weighted by molar-refractivity contribution is 5.32. The Morgan fingerprint density at radius 3 is 2.36 bits per heavy atom. The largest absolute Gasteiger partial charge is 0.289 e. The summed E-state index contributed by atoms with van der Waals surface area (Å²) in [6.07, 6.45) is 0. The van der Waals surface area contributed by atoms with Crippen molar-refractivity contribution in [1.29, 1.82) is 0 Å². The molecule has 0 saturated carbocycles. The van der Waals surface area contributed by atoms with Crippen LogP contribution in [0.3, 0.4) is 0 Å². The molecule has 1 aromatic heterocycles. The van der Waals surface area contributed by atoms with Gasteiger partial charge in [-0.25, -0.2) is 5.84 Å². The minimum absolute atomic E-state index is 0.0590. The molecule has 82 valence electrons. The fourth-order valence-electron chi connectivity index (χ4n) is 0.875. The minimum atomic E-state index is -0.668. The quantitative estimate of drug-likeness (QED) is 0.574. The molecule has 0 aliphatic heterocycles. The van der Waals surface area contributed by atoms with E-state index in [4.69, 9.17) is 5.84 Å². The van der Waals surface area contributed by atoms with Crippen molar-refractivity contribution in [2.24, 2.45) is 11.8 Å². The molecule has 0 fully saturated rings. The molecule has 0 spiro atoms. The van der Waals surface area contributed by atoms with Crippen molar-refractivity contribution in [2.45, 2.75) is 27.7 Å². The van der Waals surface area contributed by atoms with Crippen molar-refractivity contribution in [3.05, 3.63) is 5.95 Å². The van der Waals surface area contributed by atoms with Crippen LogP contribution in [0.5, 0.6) is 0 Å². The van der Waals surface area contributed by atoms with Crippen LogP contribution in [0.4, 0.5) is 10.2 Å². The molecule has 0 bridgehead atoms. The van der Waals surface area contributed by atoms with E-state index in [1.165, 1.54) is 5.01 Å². The van der Waals surface area contributed by atoms with Crippen LogP contribution in [0.15, 0.2) is 0 Å². The molecule has 0 saturated heterocycles. The predicted octanol–water partition coefficient (Wildman–Crippen LogP) is 1.31. The van der Waals surface area contributed by atoms with E-state index in [-0.39, 0.29) is 5.82 Å². The number of aromatic nitrogens is 3. The lowest BCUT2D eigenvalue weighted by Crippen LogP contribution is -2.35. The maximum Gasteiger partial charge on any atom is 0.277 e. The molecule has 3 N–H and O–H groups in total. The molecule has 0 atom stereocenters. The van der Waals surface area contributed by atoms with Crippen LogP contribution in [0.1, 0.15) is 27.7 Å². The van der Waals surface area contributed by atoms with Gasteiger partial charge in [0.2, 0.25) is 5.82 Å². The molecule has 1 rings (SSSR count). The number of aromatic amines is 1. The summed E-state index contributed by atoms with van der Waals surface area (Å²) < 4.78 is 12.7. The van der Waals surface area contributed by atoms with Gasteiger partial charge in [-0.05, 0) is 5.92 Å². The van der Waals surface area contributed by atoms with Gasteiger partial charge < -0.3 is 0 Å². The molecule has 0 unspecified atom stereocenters.